The van der Waals surface area contributed by atoms with Crippen LogP contribution < -0.4 is 5.32 Å². The van der Waals surface area contributed by atoms with Gasteiger partial charge in [0.15, 0.2) is 0 Å². The Morgan fingerprint density at radius 1 is 1.46 bits per heavy atom. The fourth-order valence-corrected chi connectivity index (χ4v) is 0.638. The molecule has 0 atom stereocenters. The van der Waals surface area contributed by atoms with Gasteiger partial charge in [-0.3, -0.25) is 4.79 Å². The van der Waals surface area contributed by atoms with Crippen molar-refractivity contribution in [1.29, 1.82) is 0 Å². The van der Waals surface area contributed by atoms with E-state index in [1.807, 2.05) is 0 Å². The van der Waals surface area contributed by atoms with Gasteiger partial charge in [0.05, 0.1) is 17.6 Å². The van der Waals surface area contributed by atoms with Crippen LogP contribution in [0.2, 0.25) is 0 Å². The number of hydrogen-bond donors (Lipinski definition) is 2. The van der Waals surface area contributed by atoms with Crippen LogP contribution >= 0.6 is 0 Å². The fourth-order valence-electron chi connectivity index (χ4n) is 0.638. The monoisotopic (exact) mass is 183 g/mol. The van der Waals surface area contributed by atoms with Gasteiger partial charge in [-0.15, -0.1) is 6.42 Å². The molecular formula is C10H17NO2. The van der Waals surface area contributed by atoms with Gasteiger partial charge < -0.3 is 10.4 Å². The van der Waals surface area contributed by atoms with E-state index in [2.05, 4.69) is 11.2 Å². The third-order valence-electron chi connectivity index (χ3n) is 2.24. The van der Waals surface area contributed by atoms with Gasteiger partial charge in [0, 0.05) is 0 Å². The average molecular weight is 183 g/mol. The summed E-state index contributed by atoms with van der Waals surface area (Å²) < 4.78 is 0. The molecule has 3 heteroatoms. The van der Waals surface area contributed by atoms with E-state index in [0.717, 1.165) is 0 Å². The number of rotatable bonds is 3. The number of carbonyl (C=O) groups excluding carboxylic acids is 1. The Morgan fingerprint density at radius 3 is 2.23 bits per heavy atom. The molecule has 0 heterocycles. The van der Waals surface area contributed by atoms with E-state index in [4.69, 9.17) is 6.42 Å². The summed E-state index contributed by atoms with van der Waals surface area (Å²) >= 11 is 0. The number of hydrogen-bond acceptors (Lipinski definition) is 2. The molecular weight excluding hydrogens is 166 g/mol. The average Bonchev–Trinajstić information content (AvgIpc) is 1.83. The number of carbonyl (C=O) groups is 1. The van der Waals surface area contributed by atoms with Crippen molar-refractivity contribution in [2.45, 2.75) is 45.3 Å². The maximum Gasteiger partial charge on any atom is 0.232 e. The summed E-state index contributed by atoms with van der Waals surface area (Å²) in [5, 5.41) is 12.4. The molecule has 0 aromatic carbocycles. The highest BCUT2D eigenvalue weighted by molar-refractivity contribution is 5.79. The minimum absolute atomic E-state index is 0.0412. The second-order valence-electron chi connectivity index (χ2n) is 4.11. The Hall–Kier alpha value is -1.01. The lowest BCUT2D eigenvalue weighted by Gasteiger charge is -2.37. The fraction of sp³-hybridized carbons (Fsp3) is 0.700. The van der Waals surface area contributed by atoms with Crippen LogP contribution in [0.4, 0.5) is 0 Å². The van der Waals surface area contributed by atoms with Crippen molar-refractivity contribution in [3.8, 4) is 12.3 Å². The van der Waals surface area contributed by atoms with Crippen LogP contribution in [0.25, 0.3) is 0 Å². The Labute approximate surface area is 79.5 Å². The highest BCUT2D eigenvalue weighted by atomic mass is 16.3. The van der Waals surface area contributed by atoms with E-state index in [9.17, 15) is 9.90 Å². The first kappa shape index (κ1) is 12.0. The summed E-state index contributed by atoms with van der Waals surface area (Å²) in [5.74, 6) is 2.01. The SMILES string of the molecule is C#CCC(=O)NC(C)(C)C(C)(C)O. The van der Waals surface area contributed by atoms with Crippen LogP contribution in [-0.2, 0) is 4.79 Å². The second kappa shape index (κ2) is 3.80. The van der Waals surface area contributed by atoms with E-state index in [1.54, 1.807) is 27.7 Å². The highest BCUT2D eigenvalue weighted by Crippen LogP contribution is 2.20. The van der Waals surface area contributed by atoms with E-state index in [1.165, 1.54) is 0 Å². The van der Waals surface area contributed by atoms with Crippen LogP contribution in [-0.4, -0.2) is 22.2 Å². The Morgan fingerprint density at radius 2 is 1.92 bits per heavy atom. The third kappa shape index (κ3) is 3.47. The summed E-state index contributed by atoms with van der Waals surface area (Å²) in [4.78, 5) is 11.1. The van der Waals surface area contributed by atoms with Crippen molar-refractivity contribution >= 4 is 5.91 Å². The van der Waals surface area contributed by atoms with E-state index in [-0.39, 0.29) is 12.3 Å². The Bertz CT molecular complexity index is 230. The minimum atomic E-state index is -0.975. The lowest BCUT2D eigenvalue weighted by atomic mass is 9.86. The standard InChI is InChI=1S/C10H17NO2/c1-6-7-8(12)11-9(2,3)10(4,5)13/h1,13H,7H2,2-5H3,(H,11,12). The van der Waals surface area contributed by atoms with Crippen LogP contribution in [0.1, 0.15) is 34.1 Å². The topological polar surface area (TPSA) is 49.3 Å². The number of nitrogens with one attached hydrogen (secondary N) is 1. The zero-order valence-corrected chi connectivity index (χ0v) is 8.64. The van der Waals surface area contributed by atoms with Gasteiger partial charge in [-0.1, -0.05) is 5.92 Å². The molecule has 0 bridgehead atoms. The van der Waals surface area contributed by atoms with E-state index in [0.29, 0.717) is 0 Å². The molecule has 2 N–H and O–H groups in total. The quantitative estimate of drug-likeness (QED) is 0.632. The Balaban J connectivity index is 4.36. The molecule has 0 aliphatic carbocycles. The van der Waals surface area contributed by atoms with Crippen molar-refractivity contribution in [2.75, 3.05) is 0 Å². The first-order valence-corrected chi connectivity index (χ1v) is 4.17. The summed E-state index contributed by atoms with van der Waals surface area (Å²) in [6.07, 6.45) is 5.03. The first-order chi connectivity index (χ1) is 5.70. The van der Waals surface area contributed by atoms with Gasteiger partial charge in [-0.05, 0) is 27.7 Å². The molecule has 0 saturated carbocycles. The number of terminal acetylenes is 1. The summed E-state index contributed by atoms with van der Waals surface area (Å²) in [6.45, 7) is 6.79. The molecule has 3 nitrogen and oxygen atoms in total. The predicted molar refractivity (Wildman–Crippen MR) is 52.0 cm³/mol. The van der Waals surface area contributed by atoms with Crippen molar-refractivity contribution in [1.82, 2.24) is 5.32 Å². The molecule has 0 radical (unpaired) electrons. The van der Waals surface area contributed by atoms with Gasteiger partial charge in [0.2, 0.25) is 5.91 Å². The van der Waals surface area contributed by atoms with Crippen LogP contribution in [0.5, 0.6) is 0 Å². The first-order valence-electron chi connectivity index (χ1n) is 4.17. The highest BCUT2D eigenvalue weighted by Gasteiger charge is 2.35. The van der Waals surface area contributed by atoms with E-state index < -0.39 is 11.1 Å². The van der Waals surface area contributed by atoms with Crippen molar-refractivity contribution in [3.63, 3.8) is 0 Å². The van der Waals surface area contributed by atoms with Gasteiger partial charge >= 0.3 is 0 Å². The molecule has 0 saturated heterocycles. The predicted octanol–water partition coefficient (Wildman–Crippen LogP) is 0.675. The maximum atomic E-state index is 11.1. The lowest BCUT2D eigenvalue weighted by Crippen LogP contribution is -2.57. The van der Waals surface area contributed by atoms with Crippen molar-refractivity contribution < 1.29 is 9.90 Å². The van der Waals surface area contributed by atoms with Gasteiger partial charge in [-0.2, -0.15) is 0 Å². The smallest absolute Gasteiger partial charge is 0.232 e. The zero-order valence-electron chi connectivity index (χ0n) is 8.64. The summed E-state index contributed by atoms with van der Waals surface area (Å²) in [5.41, 5.74) is -1.65. The van der Waals surface area contributed by atoms with E-state index >= 15 is 0 Å². The van der Waals surface area contributed by atoms with Crippen molar-refractivity contribution in [2.24, 2.45) is 0 Å². The Kier molecular flexibility index (Phi) is 3.50. The molecule has 0 aliphatic heterocycles. The number of amides is 1. The van der Waals surface area contributed by atoms with Crippen LogP contribution in [0, 0.1) is 12.3 Å². The largest absolute Gasteiger partial charge is 0.388 e. The zero-order chi connectivity index (χ0) is 10.7. The third-order valence-corrected chi connectivity index (χ3v) is 2.24. The molecule has 0 aromatic heterocycles. The minimum Gasteiger partial charge on any atom is -0.388 e. The normalized spacial score (nSPS) is 12.0. The molecule has 0 fully saturated rings. The van der Waals surface area contributed by atoms with Gasteiger partial charge in [0.25, 0.3) is 0 Å². The molecule has 13 heavy (non-hydrogen) atoms. The maximum absolute atomic E-state index is 11.1. The second-order valence-corrected chi connectivity index (χ2v) is 4.11. The molecule has 0 unspecified atom stereocenters. The molecule has 74 valence electrons. The molecule has 0 aliphatic rings. The van der Waals surface area contributed by atoms with Crippen LogP contribution in [0.3, 0.4) is 0 Å². The molecule has 0 rings (SSSR count). The molecule has 0 aromatic rings. The summed E-state index contributed by atoms with van der Waals surface area (Å²) in [7, 11) is 0. The van der Waals surface area contributed by atoms with Crippen LogP contribution in [0.15, 0.2) is 0 Å². The lowest BCUT2D eigenvalue weighted by molar-refractivity contribution is -0.125. The van der Waals surface area contributed by atoms with Gasteiger partial charge in [0.1, 0.15) is 0 Å². The molecule has 0 spiro atoms. The summed E-state index contributed by atoms with van der Waals surface area (Å²) in [6, 6.07) is 0. The number of aliphatic hydroxyl groups is 1. The van der Waals surface area contributed by atoms with Crippen molar-refractivity contribution in [3.05, 3.63) is 0 Å². The molecule has 1 amide bonds. The van der Waals surface area contributed by atoms with Gasteiger partial charge in [-0.25, -0.2) is 0 Å².